The molecule has 6 heteroatoms. The van der Waals surface area contributed by atoms with Crippen LogP contribution in [0.3, 0.4) is 0 Å². The summed E-state index contributed by atoms with van der Waals surface area (Å²) in [5, 5.41) is 11.2. The van der Waals surface area contributed by atoms with Crippen LogP contribution >= 0.6 is 0 Å². The maximum atomic E-state index is 14.0. The Morgan fingerprint density at radius 3 is 2.29 bits per heavy atom. The molecule has 3 aromatic rings. The summed E-state index contributed by atoms with van der Waals surface area (Å²) >= 11 is 0. The molecular weight excluding hydrogens is 397 g/mol. The van der Waals surface area contributed by atoms with Crippen molar-refractivity contribution in [1.29, 1.82) is 0 Å². The lowest BCUT2D eigenvalue weighted by Gasteiger charge is -2.19. The number of carbonyl (C=O) groups excluding carboxylic acids is 1. The molecule has 0 aliphatic heterocycles. The third-order valence-corrected chi connectivity index (χ3v) is 4.86. The summed E-state index contributed by atoms with van der Waals surface area (Å²) in [6.07, 6.45) is 0.419. The third-order valence-electron chi connectivity index (χ3n) is 4.86. The predicted octanol–water partition coefficient (Wildman–Crippen LogP) is 5.23. The first kappa shape index (κ1) is 22.0. The number of hydrogen-bond donors (Lipinski definition) is 2. The smallest absolute Gasteiger partial charge is 0.305 e. The highest BCUT2D eigenvalue weighted by Gasteiger charge is 2.13. The summed E-state index contributed by atoms with van der Waals surface area (Å²) in [4.78, 5) is 22.6. The number of carbonyl (C=O) groups is 2. The number of carboxylic acids is 1. The second-order valence-electron chi connectivity index (χ2n) is 7.04. The minimum atomic E-state index is -0.961. The van der Waals surface area contributed by atoms with Crippen molar-refractivity contribution >= 4 is 11.9 Å². The van der Waals surface area contributed by atoms with Crippen LogP contribution in [0.4, 0.5) is 4.39 Å². The lowest BCUT2D eigenvalue weighted by atomic mass is 10.0. The number of amides is 1. The second kappa shape index (κ2) is 10.4. The molecule has 1 atom stereocenters. The molecule has 0 fully saturated rings. The van der Waals surface area contributed by atoms with Gasteiger partial charge in [-0.2, -0.15) is 0 Å². The van der Waals surface area contributed by atoms with E-state index < -0.39 is 5.97 Å². The Morgan fingerprint density at radius 1 is 1.00 bits per heavy atom. The van der Waals surface area contributed by atoms with Crippen LogP contribution in [0, 0.1) is 5.82 Å². The molecule has 160 valence electrons. The van der Waals surface area contributed by atoms with Crippen LogP contribution in [0.2, 0.25) is 0 Å². The van der Waals surface area contributed by atoms with Crippen molar-refractivity contribution in [2.24, 2.45) is 0 Å². The highest BCUT2D eigenvalue weighted by atomic mass is 19.1. The van der Waals surface area contributed by atoms with Crippen molar-refractivity contribution in [2.75, 3.05) is 6.54 Å². The number of rotatable bonds is 9. The van der Waals surface area contributed by atoms with E-state index in [0.717, 1.165) is 17.5 Å². The van der Waals surface area contributed by atoms with Gasteiger partial charge in [0.05, 0.1) is 6.42 Å². The molecule has 5 nitrogen and oxygen atoms in total. The number of hydrogen-bond acceptors (Lipinski definition) is 3. The van der Waals surface area contributed by atoms with E-state index in [2.05, 4.69) is 5.32 Å². The Bertz CT molecular complexity index is 1030. The average molecular weight is 421 g/mol. The van der Waals surface area contributed by atoms with Crippen LogP contribution in [0.15, 0.2) is 72.8 Å². The van der Waals surface area contributed by atoms with Gasteiger partial charge < -0.3 is 15.2 Å². The molecule has 0 aliphatic carbocycles. The average Bonchev–Trinajstić information content (AvgIpc) is 2.78. The zero-order valence-electron chi connectivity index (χ0n) is 17.2. The van der Waals surface area contributed by atoms with Crippen molar-refractivity contribution in [3.05, 3.63) is 89.7 Å². The minimum Gasteiger partial charge on any atom is -0.486 e. The van der Waals surface area contributed by atoms with Crippen molar-refractivity contribution < 1.29 is 23.8 Å². The summed E-state index contributed by atoms with van der Waals surface area (Å²) in [6, 6.07) is 21.0. The van der Waals surface area contributed by atoms with E-state index in [9.17, 15) is 14.0 Å². The van der Waals surface area contributed by atoms with E-state index in [-0.39, 0.29) is 30.8 Å². The fourth-order valence-corrected chi connectivity index (χ4v) is 3.19. The predicted molar refractivity (Wildman–Crippen MR) is 117 cm³/mol. The molecule has 0 heterocycles. The second-order valence-corrected chi connectivity index (χ2v) is 7.04. The summed E-state index contributed by atoms with van der Waals surface area (Å²) < 4.78 is 20.1. The van der Waals surface area contributed by atoms with Gasteiger partial charge in [0.15, 0.2) is 0 Å². The van der Waals surface area contributed by atoms with E-state index in [1.54, 1.807) is 42.5 Å². The number of ether oxygens (including phenoxy) is 1. The Hall–Kier alpha value is -3.67. The Labute approximate surface area is 180 Å². The summed E-state index contributed by atoms with van der Waals surface area (Å²) in [6.45, 7) is 2.09. The SMILES string of the molecule is CC[C@@H](Oc1ccc(C(=O)NCCC(=O)O)cc1)c1ccc(-c2ccccc2F)cc1. The summed E-state index contributed by atoms with van der Waals surface area (Å²) in [7, 11) is 0. The normalized spacial score (nSPS) is 11.5. The molecule has 0 spiro atoms. The molecule has 0 aliphatic rings. The quantitative estimate of drug-likeness (QED) is 0.496. The fourth-order valence-electron chi connectivity index (χ4n) is 3.19. The zero-order chi connectivity index (χ0) is 22.2. The van der Waals surface area contributed by atoms with E-state index in [1.165, 1.54) is 6.07 Å². The number of nitrogens with one attached hydrogen (secondary N) is 1. The maximum absolute atomic E-state index is 14.0. The van der Waals surface area contributed by atoms with Crippen LogP contribution in [0.5, 0.6) is 5.75 Å². The number of benzene rings is 3. The van der Waals surface area contributed by atoms with Gasteiger partial charge in [0.1, 0.15) is 17.7 Å². The molecule has 3 rings (SSSR count). The molecular formula is C25H24FNO4. The number of aliphatic carboxylic acids is 1. The molecule has 0 radical (unpaired) electrons. The van der Waals surface area contributed by atoms with Gasteiger partial charge in [-0.15, -0.1) is 0 Å². The zero-order valence-corrected chi connectivity index (χ0v) is 17.2. The van der Waals surface area contributed by atoms with E-state index >= 15 is 0 Å². The fraction of sp³-hybridized carbons (Fsp3) is 0.200. The topological polar surface area (TPSA) is 75.6 Å². The van der Waals surface area contributed by atoms with Crippen molar-refractivity contribution in [2.45, 2.75) is 25.9 Å². The van der Waals surface area contributed by atoms with Gasteiger partial charge in [-0.3, -0.25) is 9.59 Å². The Morgan fingerprint density at radius 2 is 1.68 bits per heavy atom. The van der Waals surface area contributed by atoms with Crippen LogP contribution in [-0.4, -0.2) is 23.5 Å². The van der Waals surface area contributed by atoms with Gasteiger partial charge in [0.25, 0.3) is 5.91 Å². The third kappa shape index (κ3) is 5.92. The highest BCUT2D eigenvalue weighted by Crippen LogP contribution is 2.28. The minimum absolute atomic E-state index is 0.0766. The first-order chi connectivity index (χ1) is 15.0. The van der Waals surface area contributed by atoms with Crippen LogP contribution in [0.1, 0.15) is 41.8 Å². The number of halogens is 1. The highest BCUT2D eigenvalue weighted by molar-refractivity contribution is 5.94. The van der Waals surface area contributed by atoms with Crippen LogP contribution in [0.25, 0.3) is 11.1 Å². The largest absolute Gasteiger partial charge is 0.486 e. The van der Waals surface area contributed by atoms with Crippen molar-refractivity contribution in [1.82, 2.24) is 5.32 Å². The monoisotopic (exact) mass is 421 g/mol. The first-order valence-corrected chi connectivity index (χ1v) is 10.1. The lowest BCUT2D eigenvalue weighted by molar-refractivity contribution is -0.136. The van der Waals surface area contributed by atoms with Crippen LogP contribution < -0.4 is 10.1 Å². The van der Waals surface area contributed by atoms with E-state index in [0.29, 0.717) is 16.9 Å². The molecule has 0 bridgehead atoms. The van der Waals surface area contributed by atoms with E-state index in [1.807, 2.05) is 31.2 Å². The summed E-state index contributed by atoms with van der Waals surface area (Å²) in [5.74, 6) is -0.932. The van der Waals surface area contributed by atoms with Crippen molar-refractivity contribution in [3.8, 4) is 16.9 Å². The van der Waals surface area contributed by atoms with Gasteiger partial charge in [0, 0.05) is 17.7 Å². The van der Waals surface area contributed by atoms with Gasteiger partial charge in [-0.1, -0.05) is 49.4 Å². The molecule has 0 aromatic heterocycles. The van der Waals surface area contributed by atoms with Crippen molar-refractivity contribution in [3.63, 3.8) is 0 Å². The van der Waals surface area contributed by atoms with Gasteiger partial charge in [-0.25, -0.2) is 4.39 Å². The van der Waals surface area contributed by atoms with E-state index in [4.69, 9.17) is 9.84 Å². The molecule has 0 unspecified atom stereocenters. The molecule has 3 aromatic carbocycles. The lowest BCUT2D eigenvalue weighted by Crippen LogP contribution is -2.25. The molecule has 1 amide bonds. The Balaban J connectivity index is 1.65. The molecule has 0 saturated carbocycles. The summed E-state index contributed by atoms with van der Waals surface area (Å²) in [5.41, 5.74) is 2.76. The molecule has 31 heavy (non-hydrogen) atoms. The maximum Gasteiger partial charge on any atom is 0.305 e. The standard InChI is InChI=1S/C25H24FNO4/c1-2-23(18-9-7-17(8-10-18)21-5-3-4-6-22(21)26)31-20-13-11-19(12-14-20)25(30)27-16-15-24(28)29/h3-14,23H,2,15-16H2,1H3,(H,27,30)(H,28,29)/t23-/m1/s1. The molecule has 0 saturated heterocycles. The van der Waals surface area contributed by atoms with Gasteiger partial charge >= 0.3 is 5.97 Å². The first-order valence-electron chi connectivity index (χ1n) is 10.1. The van der Waals surface area contributed by atoms with Crippen LogP contribution in [-0.2, 0) is 4.79 Å². The van der Waals surface area contributed by atoms with Gasteiger partial charge in [0.2, 0.25) is 0 Å². The molecule has 2 N–H and O–H groups in total. The van der Waals surface area contributed by atoms with Gasteiger partial charge in [-0.05, 0) is 47.9 Å². The number of carboxylic acid groups (broad SMARTS) is 1. The Kier molecular flexibility index (Phi) is 7.38.